The molecule has 118 valence electrons. The molecule has 0 bridgehead atoms. The standard InChI is InChI=1S/C14H17N3O4S/c1-9-13(7-8-21-17(19)20)22-14(15-9)11-5-3-4-6-12(11)16-10(2)18/h3-6,19-20H,7-8H2,1-2H3,(H,16,18). The van der Waals surface area contributed by atoms with Crippen molar-refractivity contribution in [2.24, 2.45) is 0 Å². The van der Waals surface area contributed by atoms with Crippen LogP contribution in [0.2, 0.25) is 0 Å². The highest BCUT2D eigenvalue weighted by Gasteiger charge is 2.13. The number of benzene rings is 1. The number of carbonyl (C=O) groups is 1. The quantitative estimate of drug-likeness (QED) is 0.707. The minimum atomic E-state index is -0.302. The maximum absolute atomic E-state index is 11.3. The number of hydrogen-bond acceptors (Lipinski definition) is 7. The zero-order chi connectivity index (χ0) is 16.1. The lowest BCUT2D eigenvalue weighted by Gasteiger charge is -2.07. The molecule has 22 heavy (non-hydrogen) atoms. The van der Waals surface area contributed by atoms with Gasteiger partial charge in [-0.05, 0) is 19.1 Å². The second-order valence-corrected chi connectivity index (χ2v) is 5.67. The molecule has 0 fully saturated rings. The molecular formula is C14H17N3O4S. The smallest absolute Gasteiger partial charge is 0.221 e. The number of carbonyl (C=O) groups excluding carboxylic acids is 1. The van der Waals surface area contributed by atoms with Gasteiger partial charge in [0.05, 0.1) is 23.4 Å². The van der Waals surface area contributed by atoms with Crippen LogP contribution in [0, 0.1) is 6.92 Å². The summed E-state index contributed by atoms with van der Waals surface area (Å²) in [6.07, 6.45) is 0.503. The van der Waals surface area contributed by atoms with E-state index in [1.165, 1.54) is 18.3 Å². The van der Waals surface area contributed by atoms with Crippen molar-refractivity contribution in [3.05, 3.63) is 34.8 Å². The fraction of sp³-hybridized carbons (Fsp3) is 0.286. The molecule has 0 unspecified atom stereocenters. The first-order valence-electron chi connectivity index (χ1n) is 6.61. The summed E-state index contributed by atoms with van der Waals surface area (Å²) in [5, 5.41) is 20.3. The first-order valence-corrected chi connectivity index (χ1v) is 7.43. The van der Waals surface area contributed by atoms with Crippen LogP contribution >= 0.6 is 11.3 Å². The van der Waals surface area contributed by atoms with E-state index in [0.29, 0.717) is 12.1 Å². The normalized spacial score (nSPS) is 11.0. The van der Waals surface area contributed by atoms with Crippen LogP contribution in [0.15, 0.2) is 24.3 Å². The first kappa shape index (κ1) is 16.5. The maximum atomic E-state index is 11.3. The Morgan fingerprint density at radius 3 is 2.82 bits per heavy atom. The van der Waals surface area contributed by atoms with E-state index in [-0.39, 0.29) is 17.9 Å². The number of nitrogens with one attached hydrogen (secondary N) is 1. The van der Waals surface area contributed by atoms with Gasteiger partial charge >= 0.3 is 0 Å². The molecule has 0 atom stereocenters. The monoisotopic (exact) mass is 323 g/mol. The lowest BCUT2D eigenvalue weighted by molar-refractivity contribution is -0.492. The Kier molecular flexibility index (Phi) is 5.58. The van der Waals surface area contributed by atoms with Gasteiger partial charge in [0.15, 0.2) is 0 Å². The van der Waals surface area contributed by atoms with Crippen molar-refractivity contribution in [3.63, 3.8) is 0 Å². The lowest BCUT2D eigenvalue weighted by atomic mass is 10.2. The van der Waals surface area contributed by atoms with Crippen LogP contribution in [0.25, 0.3) is 10.6 Å². The number of anilines is 1. The molecule has 0 radical (unpaired) electrons. The fourth-order valence-electron chi connectivity index (χ4n) is 1.96. The minimum Gasteiger partial charge on any atom is -0.326 e. The second kappa shape index (κ2) is 7.43. The highest BCUT2D eigenvalue weighted by atomic mass is 32.1. The summed E-state index contributed by atoms with van der Waals surface area (Å²) < 4.78 is 0. The van der Waals surface area contributed by atoms with Crippen molar-refractivity contribution in [1.29, 1.82) is 0 Å². The molecular weight excluding hydrogens is 306 g/mol. The van der Waals surface area contributed by atoms with Crippen LogP contribution in [0.5, 0.6) is 0 Å². The Bertz CT molecular complexity index is 657. The largest absolute Gasteiger partial charge is 0.326 e. The summed E-state index contributed by atoms with van der Waals surface area (Å²) in [5.74, 6) is -0.139. The first-order chi connectivity index (χ1) is 10.5. The highest BCUT2D eigenvalue weighted by Crippen LogP contribution is 2.33. The van der Waals surface area contributed by atoms with Crippen molar-refractivity contribution in [1.82, 2.24) is 10.4 Å². The molecule has 8 heteroatoms. The summed E-state index contributed by atoms with van der Waals surface area (Å²) in [6, 6.07) is 7.45. The molecule has 0 aliphatic heterocycles. The SMILES string of the molecule is CC(=O)Nc1ccccc1-c1nc(C)c(CCON(O)O)s1. The molecule has 2 rings (SSSR count). The van der Waals surface area contributed by atoms with E-state index < -0.39 is 0 Å². The van der Waals surface area contributed by atoms with Gasteiger partial charge in [-0.25, -0.2) is 4.98 Å². The summed E-state index contributed by atoms with van der Waals surface area (Å²) in [4.78, 5) is 21.3. The van der Waals surface area contributed by atoms with Gasteiger partial charge in [0.1, 0.15) is 5.01 Å². The van der Waals surface area contributed by atoms with Crippen LogP contribution in [-0.2, 0) is 16.1 Å². The number of thiazole rings is 1. The molecule has 1 aromatic heterocycles. The zero-order valence-electron chi connectivity index (χ0n) is 12.2. The highest BCUT2D eigenvalue weighted by molar-refractivity contribution is 7.15. The minimum absolute atomic E-state index is 0.128. The molecule has 0 aliphatic rings. The van der Waals surface area contributed by atoms with E-state index in [1.54, 1.807) is 0 Å². The number of hydrogen-bond donors (Lipinski definition) is 3. The van der Waals surface area contributed by atoms with Gasteiger partial charge < -0.3 is 5.32 Å². The molecule has 0 spiro atoms. The second-order valence-electron chi connectivity index (χ2n) is 4.59. The molecule has 1 amide bonds. The number of amides is 1. The van der Waals surface area contributed by atoms with Gasteiger partial charge in [0, 0.05) is 23.8 Å². The fourth-order valence-corrected chi connectivity index (χ4v) is 3.05. The van der Waals surface area contributed by atoms with Gasteiger partial charge in [-0.15, -0.1) is 11.3 Å². The van der Waals surface area contributed by atoms with Crippen molar-refractivity contribution in [2.75, 3.05) is 11.9 Å². The van der Waals surface area contributed by atoms with Crippen LogP contribution in [-0.4, -0.2) is 33.3 Å². The molecule has 1 aromatic carbocycles. The molecule has 7 nitrogen and oxygen atoms in total. The van der Waals surface area contributed by atoms with E-state index in [9.17, 15) is 4.79 Å². The third-order valence-corrected chi connectivity index (χ3v) is 4.15. The van der Waals surface area contributed by atoms with Crippen LogP contribution < -0.4 is 5.32 Å². The average molecular weight is 323 g/mol. The van der Waals surface area contributed by atoms with Crippen molar-refractivity contribution in [2.45, 2.75) is 20.3 Å². The Labute approximate surface area is 131 Å². The van der Waals surface area contributed by atoms with E-state index in [1.807, 2.05) is 31.2 Å². The van der Waals surface area contributed by atoms with Gasteiger partial charge in [-0.3, -0.25) is 20.0 Å². The Balaban J connectivity index is 2.21. The van der Waals surface area contributed by atoms with E-state index in [4.69, 9.17) is 10.4 Å². The third kappa shape index (κ3) is 4.33. The van der Waals surface area contributed by atoms with E-state index in [2.05, 4.69) is 15.1 Å². The lowest BCUT2D eigenvalue weighted by Crippen LogP contribution is -2.16. The number of nitrogens with zero attached hydrogens (tertiary/aromatic N) is 2. The maximum Gasteiger partial charge on any atom is 0.221 e. The van der Waals surface area contributed by atoms with Crippen LogP contribution in [0.3, 0.4) is 0 Å². The number of rotatable bonds is 6. The Hall–Kier alpha value is -1.84. The molecule has 0 saturated carbocycles. The topological polar surface area (TPSA) is 94.9 Å². The predicted molar refractivity (Wildman–Crippen MR) is 81.7 cm³/mol. The summed E-state index contributed by atoms with van der Waals surface area (Å²) in [5.41, 5.74) is 2.41. The average Bonchev–Trinajstić information content (AvgIpc) is 2.80. The van der Waals surface area contributed by atoms with Crippen molar-refractivity contribution < 1.29 is 20.0 Å². The van der Waals surface area contributed by atoms with E-state index >= 15 is 0 Å². The number of aromatic nitrogens is 1. The molecule has 0 saturated heterocycles. The molecule has 0 aliphatic carbocycles. The summed E-state index contributed by atoms with van der Waals surface area (Å²) in [7, 11) is 0. The summed E-state index contributed by atoms with van der Waals surface area (Å²) in [6.45, 7) is 3.47. The third-order valence-electron chi connectivity index (χ3n) is 2.90. The van der Waals surface area contributed by atoms with Gasteiger partial charge in [0.2, 0.25) is 5.91 Å². The van der Waals surface area contributed by atoms with Crippen molar-refractivity contribution in [3.8, 4) is 10.6 Å². The van der Waals surface area contributed by atoms with Crippen LogP contribution in [0.1, 0.15) is 17.5 Å². The van der Waals surface area contributed by atoms with Gasteiger partial charge in [0.25, 0.3) is 0 Å². The molecule has 3 N–H and O–H groups in total. The molecule has 2 aromatic rings. The predicted octanol–water partition coefficient (Wildman–Crippen LogP) is 2.63. The van der Waals surface area contributed by atoms with Gasteiger partial charge in [-0.1, -0.05) is 12.1 Å². The van der Waals surface area contributed by atoms with Crippen LogP contribution in [0.4, 0.5) is 5.69 Å². The van der Waals surface area contributed by atoms with E-state index in [0.717, 1.165) is 21.1 Å². The molecule has 1 heterocycles. The Morgan fingerprint density at radius 1 is 1.41 bits per heavy atom. The van der Waals surface area contributed by atoms with Crippen molar-refractivity contribution >= 4 is 22.9 Å². The number of aryl methyl sites for hydroxylation is 1. The zero-order valence-corrected chi connectivity index (χ0v) is 13.1. The Morgan fingerprint density at radius 2 is 2.14 bits per heavy atom. The van der Waals surface area contributed by atoms with Gasteiger partial charge in [-0.2, -0.15) is 0 Å². The number of para-hydroxylation sites is 1. The summed E-state index contributed by atoms with van der Waals surface area (Å²) >= 11 is 1.48.